The van der Waals surface area contributed by atoms with E-state index in [2.05, 4.69) is 9.71 Å². The van der Waals surface area contributed by atoms with Crippen LogP contribution in [0, 0.1) is 17.0 Å². The van der Waals surface area contributed by atoms with E-state index in [0.717, 1.165) is 0 Å². The highest BCUT2D eigenvalue weighted by Gasteiger charge is 2.20. The third-order valence-corrected chi connectivity index (χ3v) is 6.02. The van der Waals surface area contributed by atoms with Crippen LogP contribution < -0.4 is 4.72 Å². The molecule has 1 N–H and O–H groups in total. The SMILES string of the molecule is Cc1cc(Cl)ccc1NS(=O)(=O)c1cccc(-c2nc3c([N+](=O)[O-])cccc3o2)c1. The molecule has 0 aliphatic heterocycles. The number of oxazole rings is 1. The van der Waals surface area contributed by atoms with E-state index in [1.165, 1.54) is 24.3 Å². The van der Waals surface area contributed by atoms with E-state index in [9.17, 15) is 18.5 Å². The highest BCUT2D eigenvalue weighted by atomic mass is 35.5. The minimum Gasteiger partial charge on any atom is -0.436 e. The molecule has 8 nitrogen and oxygen atoms in total. The zero-order chi connectivity index (χ0) is 21.5. The molecule has 0 unspecified atom stereocenters. The second-order valence-electron chi connectivity index (χ2n) is 6.49. The largest absolute Gasteiger partial charge is 0.436 e. The van der Waals surface area contributed by atoms with Crippen molar-refractivity contribution >= 4 is 44.1 Å². The van der Waals surface area contributed by atoms with Crippen molar-refractivity contribution in [2.24, 2.45) is 0 Å². The second kappa shape index (κ2) is 7.43. The van der Waals surface area contributed by atoms with E-state index < -0.39 is 14.9 Å². The minimum absolute atomic E-state index is 0.00824. The smallest absolute Gasteiger partial charge is 0.298 e. The number of benzene rings is 3. The summed E-state index contributed by atoms with van der Waals surface area (Å²) in [5.74, 6) is 0.0824. The maximum Gasteiger partial charge on any atom is 0.298 e. The van der Waals surface area contributed by atoms with E-state index in [-0.39, 0.29) is 27.6 Å². The summed E-state index contributed by atoms with van der Waals surface area (Å²) in [6.07, 6.45) is 0. The fourth-order valence-corrected chi connectivity index (χ4v) is 4.35. The van der Waals surface area contributed by atoms with Crippen LogP contribution in [0.1, 0.15) is 5.56 Å². The number of nitro benzene ring substituents is 1. The van der Waals surface area contributed by atoms with Crippen molar-refractivity contribution in [1.82, 2.24) is 4.98 Å². The Labute approximate surface area is 176 Å². The lowest BCUT2D eigenvalue weighted by molar-refractivity contribution is -0.383. The molecule has 152 valence electrons. The van der Waals surface area contributed by atoms with Gasteiger partial charge in [0.25, 0.3) is 15.7 Å². The first-order chi connectivity index (χ1) is 14.2. The number of non-ortho nitro benzene ring substituents is 1. The molecule has 0 atom stereocenters. The standard InChI is InChI=1S/C20H14ClN3O5S/c1-12-10-14(21)8-9-16(12)23-30(27,28)15-5-2-4-13(11-15)20-22-19-17(24(25)26)6-3-7-18(19)29-20/h2-11,23H,1H3. The number of aryl methyl sites for hydroxylation is 1. The number of para-hydroxylation sites is 1. The Hall–Kier alpha value is -3.43. The first-order valence-electron chi connectivity index (χ1n) is 8.68. The van der Waals surface area contributed by atoms with Crippen LogP contribution in [0.5, 0.6) is 0 Å². The molecule has 0 amide bonds. The van der Waals surface area contributed by atoms with Gasteiger partial charge in [0.05, 0.1) is 15.5 Å². The van der Waals surface area contributed by atoms with Gasteiger partial charge in [0.1, 0.15) is 0 Å². The highest BCUT2D eigenvalue weighted by molar-refractivity contribution is 7.92. The van der Waals surface area contributed by atoms with Gasteiger partial charge >= 0.3 is 0 Å². The minimum atomic E-state index is -3.90. The van der Waals surface area contributed by atoms with E-state index in [1.807, 2.05) is 0 Å². The van der Waals surface area contributed by atoms with Gasteiger partial charge in [-0.25, -0.2) is 13.4 Å². The molecule has 10 heteroatoms. The van der Waals surface area contributed by atoms with E-state index in [1.54, 1.807) is 43.3 Å². The molecule has 4 rings (SSSR count). The lowest BCUT2D eigenvalue weighted by Gasteiger charge is -2.11. The Morgan fingerprint density at radius 1 is 1.10 bits per heavy atom. The lowest BCUT2D eigenvalue weighted by Crippen LogP contribution is -2.13. The third kappa shape index (κ3) is 3.72. The van der Waals surface area contributed by atoms with Crippen LogP contribution in [-0.2, 0) is 10.0 Å². The number of hydrogen-bond donors (Lipinski definition) is 1. The molecule has 0 aliphatic rings. The van der Waals surface area contributed by atoms with Crippen LogP contribution in [0.2, 0.25) is 5.02 Å². The summed E-state index contributed by atoms with van der Waals surface area (Å²) >= 11 is 5.92. The maximum atomic E-state index is 12.9. The van der Waals surface area contributed by atoms with Crippen molar-refractivity contribution in [3.05, 3.63) is 81.4 Å². The molecule has 0 spiro atoms. The van der Waals surface area contributed by atoms with Crippen molar-refractivity contribution < 1.29 is 17.8 Å². The zero-order valence-electron chi connectivity index (χ0n) is 15.5. The molecule has 0 aliphatic carbocycles. The van der Waals surface area contributed by atoms with Crippen LogP contribution in [0.3, 0.4) is 0 Å². The van der Waals surface area contributed by atoms with Crippen LogP contribution >= 0.6 is 11.6 Å². The maximum absolute atomic E-state index is 12.9. The summed E-state index contributed by atoms with van der Waals surface area (Å²) in [6.45, 7) is 1.74. The van der Waals surface area contributed by atoms with Gasteiger partial charge in [-0.3, -0.25) is 14.8 Å². The van der Waals surface area contributed by atoms with Gasteiger partial charge in [-0.1, -0.05) is 23.7 Å². The van der Waals surface area contributed by atoms with Crippen LogP contribution in [0.25, 0.3) is 22.6 Å². The number of fused-ring (bicyclic) bond motifs is 1. The third-order valence-electron chi connectivity index (χ3n) is 4.42. The number of nitrogens with one attached hydrogen (secondary N) is 1. The van der Waals surface area contributed by atoms with Crippen LogP contribution in [0.4, 0.5) is 11.4 Å². The van der Waals surface area contributed by atoms with Crippen molar-refractivity contribution in [3.8, 4) is 11.5 Å². The number of sulfonamides is 1. The summed E-state index contributed by atoms with van der Waals surface area (Å²) in [5, 5.41) is 11.7. The summed E-state index contributed by atoms with van der Waals surface area (Å²) < 4.78 is 33.9. The average Bonchev–Trinajstić information content (AvgIpc) is 3.14. The Morgan fingerprint density at radius 3 is 2.60 bits per heavy atom. The summed E-state index contributed by atoms with van der Waals surface area (Å²) in [4.78, 5) is 14.8. The van der Waals surface area contributed by atoms with Crippen molar-refractivity contribution in [2.45, 2.75) is 11.8 Å². The first-order valence-corrected chi connectivity index (χ1v) is 10.5. The Bertz CT molecular complexity index is 1400. The number of rotatable bonds is 5. The van der Waals surface area contributed by atoms with Gasteiger partial charge in [-0.05, 0) is 55.0 Å². The molecule has 3 aromatic carbocycles. The second-order valence-corrected chi connectivity index (χ2v) is 8.61. The fourth-order valence-electron chi connectivity index (χ4n) is 2.95. The van der Waals surface area contributed by atoms with Gasteiger partial charge in [-0.15, -0.1) is 0 Å². The van der Waals surface area contributed by atoms with Gasteiger partial charge in [0, 0.05) is 16.7 Å². The fraction of sp³-hybridized carbons (Fsp3) is 0.0500. The van der Waals surface area contributed by atoms with E-state index >= 15 is 0 Å². The molecule has 0 saturated heterocycles. The van der Waals surface area contributed by atoms with Gasteiger partial charge in [0.15, 0.2) is 11.1 Å². The average molecular weight is 444 g/mol. The molecule has 0 bridgehead atoms. The molecule has 4 aromatic rings. The van der Waals surface area contributed by atoms with Crippen molar-refractivity contribution in [3.63, 3.8) is 0 Å². The number of hydrogen-bond acceptors (Lipinski definition) is 6. The lowest BCUT2D eigenvalue weighted by atomic mass is 10.2. The predicted molar refractivity (Wildman–Crippen MR) is 113 cm³/mol. The molecule has 0 radical (unpaired) electrons. The van der Waals surface area contributed by atoms with Crippen molar-refractivity contribution in [2.75, 3.05) is 4.72 Å². The Kier molecular flexibility index (Phi) is 4.92. The Morgan fingerprint density at radius 2 is 1.87 bits per heavy atom. The number of halogens is 1. The molecule has 1 heterocycles. The summed E-state index contributed by atoms with van der Waals surface area (Å²) in [7, 11) is -3.90. The Balaban J connectivity index is 1.73. The van der Waals surface area contributed by atoms with E-state index in [0.29, 0.717) is 21.8 Å². The topological polar surface area (TPSA) is 115 Å². The first kappa shape index (κ1) is 19.9. The normalized spacial score (nSPS) is 11.5. The van der Waals surface area contributed by atoms with Gasteiger partial charge in [0.2, 0.25) is 5.89 Å². The molecular weight excluding hydrogens is 430 g/mol. The molecule has 0 saturated carbocycles. The van der Waals surface area contributed by atoms with Gasteiger partial charge < -0.3 is 4.42 Å². The monoisotopic (exact) mass is 443 g/mol. The summed E-state index contributed by atoms with van der Waals surface area (Å²) in [5.41, 5.74) is 1.60. The van der Waals surface area contributed by atoms with Gasteiger partial charge in [-0.2, -0.15) is 0 Å². The molecule has 0 fully saturated rings. The zero-order valence-corrected chi connectivity index (χ0v) is 17.1. The number of nitro groups is 1. The predicted octanol–water partition coefficient (Wildman–Crippen LogP) is 5.17. The number of nitrogens with zero attached hydrogens (tertiary/aromatic N) is 2. The quantitative estimate of drug-likeness (QED) is 0.336. The summed E-state index contributed by atoms with van der Waals surface area (Å²) in [6, 6.07) is 15.2. The number of anilines is 1. The molecule has 1 aromatic heterocycles. The van der Waals surface area contributed by atoms with Crippen LogP contribution in [-0.4, -0.2) is 18.3 Å². The number of aromatic nitrogens is 1. The van der Waals surface area contributed by atoms with E-state index in [4.69, 9.17) is 16.0 Å². The highest BCUT2D eigenvalue weighted by Crippen LogP contribution is 2.31. The molecular formula is C20H14ClN3O5S. The molecule has 30 heavy (non-hydrogen) atoms. The van der Waals surface area contributed by atoms with Crippen LogP contribution in [0.15, 0.2) is 70.0 Å². The van der Waals surface area contributed by atoms with Crippen molar-refractivity contribution in [1.29, 1.82) is 0 Å².